The SMILES string of the molecule is CCCCc1cc(I)cc(N2c3ccc(CCCC)cc3B3c4sc5c6c4N(c4ccccc4N6c4cc(CCCC)cc6c4B5c4ccc(CCCC)cc4N6c4cc(CCCC)cc(CCCC)c4)c4cc(I)cc2c43)c1. The van der Waals surface area contributed by atoms with Crippen molar-refractivity contribution in [3.8, 4) is 0 Å². The van der Waals surface area contributed by atoms with Crippen molar-refractivity contribution < 1.29 is 0 Å². The zero-order valence-electron chi connectivity index (χ0n) is 47.4. The molecule has 5 aliphatic heterocycles. The van der Waals surface area contributed by atoms with E-state index in [2.05, 4.69) is 239 Å². The van der Waals surface area contributed by atoms with Crippen molar-refractivity contribution in [2.45, 2.75) is 157 Å². The van der Waals surface area contributed by atoms with Crippen LogP contribution < -0.4 is 51.0 Å². The molecule has 0 aliphatic carbocycles. The van der Waals surface area contributed by atoms with E-state index in [0.717, 1.165) is 51.4 Å². The van der Waals surface area contributed by atoms with Crippen LogP contribution in [-0.4, -0.2) is 13.4 Å². The summed E-state index contributed by atoms with van der Waals surface area (Å²) >= 11 is 7.34. The molecule has 0 bridgehead atoms. The fourth-order valence-corrected chi connectivity index (χ4v) is 16.8. The minimum Gasteiger partial charge on any atom is -0.311 e. The van der Waals surface area contributed by atoms with Gasteiger partial charge in [0.15, 0.2) is 0 Å². The Balaban J connectivity index is 1.10. The van der Waals surface area contributed by atoms with Crippen molar-refractivity contribution in [3.63, 3.8) is 0 Å². The van der Waals surface area contributed by atoms with Crippen LogP contribution in [0, 0.1) is 7.14 Å². The van der Waals surface area contributed by atoms with E-state index < -0.39 is 0 Å². The van der Waals surface area contributed by atoms with E-state index in [1.807, 2.05) is 0 Å². The Kier molecular flexibility index (Phi) is 15.1. The van der Waals surface area contributed by atoms with Gasteiger partial charge in [0.05, 0.1) is 22.7 Å². The molecule has 8 aromatic rings. The highest BCUT2D eigenvalue weighted by Gasteiger charge is 2.54. The Bertz CT molecular complexity index is 3630. The average molecular weight is 1280 g/mol. The van der Waals surface area contributed by atoms with Crippen molar-refractivity contribution in [1.29, 1.82) is 0 Å². The molecule has 0 atom stereocenters. The third-order valence-corrected chi connectivity index (χ3v) is 20.3. The van der Waals surface area contributed by atoms with E-state index in [9.17, 15) is 0 Å². The Morgan fingerprint density at radius 3 is 1.30 bits per heavy atom. The summed E-state index contributed by atoms with van der Waals surface area (Å²) in [4.78, 5) is 10.9. The molecule has 1 aromatic heterocycles. The van der Waals surface area contributed by atoms with E-state index in [-0.39, 0.29) is 13.4 Å². The largest absolute Gasteiger partial charge is 0.311 e. The summed E-state index contributed by atoms with van der Waals surface area (Å²) < 4.78 is 5.52. The summed E-state index contributed by atoms with van der Waals surface area (Å²) in [6.45, 7) is 14.1. The van der Waals surface area contributed by atoms with E-state index in [1.54, 1.807) is 0 Å². The quantitative estimate of drug-likeness (QED) is 0.0557. The number of fused-ring (bicyclic) bond motifs is 11. The van der Waals surface area contributed by atoms with Crippen LogP contribution >= 0.6 is 56.5 Å². The fraction of sp³-hybridized carbons (Fsp3) is 0.343. The molecule has 79 heavy (non-hydrogen) atoms. The average Bonchev–Trinajstić information content (AvgIpc) is 1.90. The molecule has 0 saturated heterocycles. The first-order chi connectivity index (χ1) is 38.7. The third-order valence-electron chi connectivity index (χ3n) is 17.8. The maximum Gasteiger partial charge on any atom is 0.264 e. The number of nitrogens with zero attached hydrogens (tertiary/aromatic N) is 4. The van der Waals surface area contributed by atoms with Gasteiger partial charge in [-0.15, -0.1) is 0 Å². The third kappa shape index (κ3) is 9.21. The molecule has 0 amide bonds. The van der Waals surface area contributed by atoms with Crippen molar-refractivity contribution >= 4 is 170 Å². The van der Waals surface area contributed by atoms with Gasteiger partial charge in [0.2, 0.25) is 0 Å². The summed E-state index contributed by atoms with van der Waals surface area (Å²) in [6.07, 6.45) is 20.8. The Hall–Kier alpha value is -4.97. The molecule has 0 fully saturated rings. The summed E-state index contributed by atoms with van der Waals surface area (Å²) in [6, 6.07) is 50.0. The molecule has 9 heteroatoms. The highest BCUT2D eigenvalue weighted by Crippen LogP contribution is 2.59. The number of rotatable bonds is 20. The molecule has 400 valence electrons. The van der Waals surface area contributed by atoms with Crippen LogP contribution in [0.25, 0.3) is 0 Å². The van der Waals surface area contributed by atoms with Crippen LogP contribution in [-0.2, 0) is 38.5 Å². The number of aryl methyl sites for hydroxylation is 6. The number of anilines is 12. The molecule has 0 unspecified atom stereocenters. The predicted octanol–water partition coefficient (Wildman–Crippen LogP) is 17.5. The van der Waals surface area contributed by atoms with Crippen LogP contribution in [0.4, 0.5) is 68.2 Å². The van der Waals surface area contributed by atoms with Crippen molar-refractivity contribution in [2.75, 3.05) is 19.6 Å². The number of halogens is 2. The Labute approximate surface area is 503 Å². The Morgan fingerprint density at radius 1 is 0.342 bits per heavy atom. The highest BCUT2D eigenvalue weighted by molar-refractivity contribution is 14.1. The molecule has 6 heterocycles. The van der Waals surface area contributed by atoms with E-state index in [4.69, 9.17) is 0 Å². The number of unbranched alkanes of at least 4 members (excludes halogenated alkanes) is 6. The number of hydrogen-bond donors (Lipinski definition) is 0. The number of para-hydroxylation sites is 2. The number of thiophene rings is 1. The van der Waals surface area contributed by atoms with Gasteiger partial charge in [-0.2, -0.15) is 11.3 Å². The van der Waals surface area contributed by atoms with E-state index >= 15 is 0 Å². The lowest BCUT2D eigenvalue weighted by Gasteiger charge is -2.49. The topological polar surface area (TPSA) is 13.0 Å². The molecule has 0 saturated carbocycles. The number of hydrogen-bond acceptors (Lipinski definition) is 5. The summed E-state index contributed by atoms with van der Waals surface area (Å²) in [5, 5.41) is 0. The first-order valence-electron chi connectivity index (χ1n) is 30.4. The van der Waals surface area contributed by atoms with Gasteiger partial charge in [-0.1, -0.05) is 123 Å². The number of benzene rings is 7. The monoisotopic (exact) mass is 1280 g/mol. The van der Waals surface area contributed by atoms with Crippen molar-refractivity contribution in [3.05, 3.63) is 162 Å². The van der Waals surface area contributed by atoms with Crippen LogP contribution in [0.15, 0.2) is 121 Å². The second-order valence-electron chi connectivity index (χ2n) is 23.4. The zero-order chi connectivity index (χ0) is 54.1. The molecule has 0 N–H and O–H groups in total. The fourth-order valence-electron chi connectivity index (χ4n) is 14.0. The molecule has 13 rings (SSSR count). The van der Waals surface area contributed by atoms with Gasteiger partial charge in [0.25, 0.3) is 13.4 Å². The van der Waals surface area contributed by atoms with E-state index in [1.165, 1.54) is 204 Å². The van der Waals surface area contributed by atoms with Crippen LogP contribution in [0.1, 0.15) is 152 Å². The summed E-state index contributed by atoms with van der Waals surface area (Å²) in [7, 11) is 0. The van der Waals surface area contributed by atoms with Gasteiger partial charge in [-0.05, 0) is 256 Å². The minimum atomic E-state index is 0.0669. The lowest BCUT2D eigenvalue weighted by molar-refractivity contribution is 0.780. The van der Waals surface area contributed by atoms with Crippen molar-refractivity contribution in [2.24, 2.45) is 0 Å². The minimum absolute atomic E-state index is 0.0669. The van der Waals surface area contributed by atoms with Crippen LogP contribution in [0.2, 0.25) is 0 Å². The van der Waals surface area contributed by atoms with Gasteiger partial charge in [0, 0.05) is 62.2 Å². The van der Waals surface area contributed by atoms with Crippen molar-refractivity contribution in [1.82, 2.24) is 0 Å². The summed E-state index contributed by atoms with van der Waals surface area (Å²) in [5.41, 5.74) is 30.4. The standard InChI is InChI=1S/C70H74B2I2N4S/c1-7-13-21-45-30-32-57-56(38-45)72-66-63(75(57)54-37-49(25-17-11-5)34-51(73)42-54)43-52(74)44-64(66)78-59-28-20-19-27-58(59)77-62-41-50(26-18-12-6)40-61-65(62)71(69-67(77)68(78)70(72)79-69)55-31-29-46(22-14-8-2)39-60(55)76(61)53-35-47(23-15-9-3)33-48(36-53)24-16-10-4/h19-20,27-44H,7-18,21-26H2,1-6H3. The normalized spacial score (nSPS) is 13.8. The lowest BCUT2D eigenvalue weighted by Crippen LogP contribution is -2.61. The maximum atomic E-state index is 2.77. The Morgan fingerprint density at radius 2 is 0.747 bits per heavy atom. The second kappa shape index (κ2) is 22.4. The first-order valence-corrected chi connectivity index (χ1v) is 33.4. The van der Waals surface area contributed by atoms with Gasteiger partial charge < -0.3 is 19.6 Å². The zero-order valence-corrected chi connectivity index (χ0v) is 52.5. The molecular formula is C70H74B2I2N4S. The summed E-state index contributed by atoms with van der Waals surface area (Å²) in [5.74, 6) is 0. The van der Waals surface area contributed by atoms with Crippen LogP contribution in [0.3, 0.4) is 0 Å². The molecule has 0 spiro atoms. The van der Waals surface area contributed by atoms with E-state index in [0.29, 0.717) is 0 Å². The second-order valence-corrected chi connectivity index (χ2v) is 26.9. The van der Waals surface area contributed by atoms with Gasteiger partial charge in [-0.25, -0.2) is 0 Å². The molecule has 4 nitrogen and oxygen atoms in total. The molecular weight excluding hydrogens is 1200 g/mol. The smallest absolute Gasteiger partial charge is 0.264 e. The molecule has 5 aliphatic rings. The van der Waals surface area contributed by atoms with Gasteiger partial charge in [0.1, 0.15) is 0 Å². The highest BCUT2D eigenvalue weighted by atomic mass is 127. The van der Waals surface area contributed by atoms with Gasteiger partial charge >= 0.3 is 0 Å². The molecule has 7 aromatic carbocycles. The molecule has 0 radical (unpaired) electrons. The maximum absolute atomic E-state index is 2.77. The van der Waals surface area contributed by atoms with Crippen LogP contribution in [0.5, 0.6) is 0 Å². The van der Waals surface area contributed by atoms with Gasteiger partial charge in [-0.3, -0.25) is 0 Å². The predicted molar refractivity (Wildman–Crippen MR) is 363 cm³/mol. The lowest BCUT2D eigenvalue weighted by atomic mass is 9.35. The first kappa shape index (κ1) is 53.3.